The summed E-state index contributed by atoms with van der Waals surface area (Å²) >= 11 is 2.39. The summed E-state index contributed by atoms with van der Waals surface area (Å²) in [5.74, 6) is 0.965. The van der Waals surface area contributed by atoms with Crippen molar-refractivity contribution in [1.82, 2.24) is 0 Å². The Hall–Kier alpha value is -0.250. The van der Waals surface area contributed by atoms with Gasteiger partial charge in [0.1, 0.15) is 5.75 Å². The first-order chi connectivity index (χ1) is 6.22. The van der Waals surface area contributed by atoms with Gasteiger partial charge in [-0.1, -0.05) is 34.7 Å². The maximum atomic E-state index is 5.55. The molecule has 0 radical (unpaired) electrons. The topological polar surface area (TPSA) is 9.23 Å². The van der Waals surface area contributed by atoms with Crippen LogP contribution in [-0.4, -0.2) is 10.5 Å². The molecule has 0 atom stereocenters. The second kappa shape index (κ2) is 5.47. The van der Waals surface area contributed by atoms with Gasteiger partial charge in [-0.3, -0.25) is 0 Å². The number of rotatable bonds is 4. The van der Waals surface area contributed by atoms with E-state index in [0.29, 0.717) is 0 Å². The number of alkyl halides is 1. The first-order valence-corrected chi connectivity index (χ1v) is 6.06. The summed E-state index contributed by atoms with van der Waals surface area (Å²) in [6.45, 7) is 4.08. The van der Waals surface area contributed by atoms with Crippen molar-refractivity contribution in [1.29, 1.82) is 0 Å². The normalized spacial score (nSPS) is 10.5. The van der Waals surface area contributed by atoms with Gasteiger partial charge in [-0.05, 0) is 38.0 Å². The van der Waals surface area contributed by atoms with Crippen molar-refractivity contribution in [2.24, 2.45) is 0 Å². The quantitative estimate of drug-likeness (QED) is 0.609. The molecule has 1 aromatic rings. The molecule has 0 fully saturated rings. The lowest BCUT2D eigenvalue weighted by Gasteiger charge is -2.09. The standard InChI is InChI=1S/C11H15IO/c1-9(2)13-11-5-3-10(4-6-11)7-8-12/h3-6,9H,7-8H2,1-2H3. The number of aryl methyl sites for hydroxylation is 1. The molecule has 1 rings (SSSR count). The molecule has 0 aliphatic carbocycles. The van der Waals surface area contributed by atoms with Crippen LogP contribution in [0, 0.1) is 0 Å². The van der Waals surface area contributed by atoms with Crippen molar-refractivity contribution in [2.45, 2.75) is 26.4 Å². The lowest BCUT2D eigenvalue weighted by Crippen LogP contribution is -2.05. The fourth-order valence-electron chi connectivity index (χ4n) is 1.12. The molecule has 0 bridgehead atoms. The summed E-state index contributed by atoms with van der Waals surface area (Å²) in [5, 5.41) is 0. The van der Waals surface area contributed by atoms with Gasteiger partial charge in [0.25, 0.3) is 0 Å². The first-order valence-electron chi connectivity index (χ1n) is 4.54. The lowest BCUT2D eigenvalue weighted by molar-refractivity contribution is 0.242. The molecule has 0 aromatic heterocycles. The maximum absolute atomic E-state index is 5.55. The average Bonchev–Trinajstić information content (AvgIpc) is 2.08. The van der Waals surface area contributed by atoms with Crippen molar-refractivity contribution in [3.8, 4) is 5.75 Å². The van der Waals surface area contributed by atoms with Gasteiger partial charge in [0.15, 0.2) is 0 Å². The van der Waals surface area contributed by atoms with E-state index in [0.717, 1.165) is 12.2 Å². The van der Waals surface area contributed by atoms with E-state index in [-0.39, 0.29) is 6.10 Å². The van der Waals surface area contributed by atoms with Crippen LogP contribution in [0.1, 0.15) is 19.4 Å². The SMILES string of the molecule is CC(C)Oc1ccc(CCI)cc1. The lowest BCUT2D eigenvalue weighted by atomic mass is 10.2. The zero-order chi connectivity index (χ0) is 9.68. The van der Waals surface area contributed by atoms with Gasteiger partial charge in [0, 0.05) is 4.43 Å². The molecule has 1 aromatic carbocycles. The Balaban J connectivity index is 2.59. The molecule has 0 unspecified atom stereocenters. The third kappa shape index (κ3) is 3.98. The van der Waals surface area contributed by atoms with Gasteiger partial charge in [-0.25, -0.2) is 0 Å². The van der Waals surface area contributed by atoms with Crippen LogP contribution in [0.5, 0.6) is 5.75 Å². The molecular formula is C11H15IO. The summed E-state index contributed by atoms with van der Waals surface area (Å²) in [7, 11) is 0. The summed E-state index contributed by atoms with van der Waals surface area (Å²) in [5.41, 5.74) is 1.38. The van der Waals surface area contributed by atoms with Crippen LogP contribution < -0.4 is 4.74 Å². The average molecular weight is 290 g/mol. The Morgan fingerprint density at radius 2 is 1.85 bits per heavy atom. The smallest absolute Gasteiger partial charge is 0.119 e. The second-order valence-electron chi connectivity index (χ2n) is 3.25. The molecule has 0 aliphatic heterocycles. The summed E-state index contributed by atoms with van der Waals surface area (Å²) in [6, 6.07) is 8.36. The molecule has 0 aliphatic rings. The summed E-state index contributed by atoms with van der Waals surface area (Å²) in [6.07, 6.45) is 1.40. The maximum Gasteiger partial charge on any atom is 0.119 e. The van der Waals surface area contributed by atoms with Crippen LogP contribution in [0.4, 0.5) is 0 Å². The van der Waals surface area contributed by atoms with Crippen molar-refractivity contribution in [2.75, 3.05) is 4.43 Å². The van der Waals surface area contributed by atoms with E-state index in [9.17, 15) is 0 Å². The van der Waals surface area contributed by atoms with Crippen molar-refractivity contribution in [3.05, 3.63) is 29.8 Å². The first kappa shape index (κ1) is 10.8. The van der Waals surface area contributed by atoms with E-state index in [1.807, 2.05) is 26.0 Å². The minimum absolute atomic E-state index is 0.260. The minimum Gasteiger partial charge on any atom is -0.491 e. The highest BCUT2D eigenvalue weighted by Gasteiger charge is 1.97. The number of hydrogen-bond donors (Lipinski definition) is 0. The van der Waals surface area contributed by atoms with Crippen LogP contribution in [0.25, 0.3) is 0 Å². The Morgan fingerprint density at radius 1 is 1.23 bits per heavy atom. The predicted molar refractivity (Wildman–Crippen MR) is 64.8 cm³/mol. The van der Waals surface area contributed by atoms with E-state index < -0.39 is 0 Å². The minimum atomic E-state index is 0.260. The van der Waals surface area contributed by atoms with Gasteiger partial charge in [-0.2, -0.15) is 0 Å². The molecule has 1 nitrogen and oxygen atoms in total. The van der Waals surface area contributed by atoms with Crippen molar-refractivity contribution < 1.29 is 4.74 Å². The van der Waals surface area contributed by atoms with E-state index in [2.05, 4.69) is 34.7 Å². The molecule has 0 N–H and O–H groups in total. The molecular weight excluding hydrogens is 275 g/mol. The molecule has 2 heteroatoms. The Labute approximate surface area is 93.6 Å². The fourth-order valence-corrected chi connectivity index (χ4v) is 1.74. The highest BCUT2D eigenvalue weighted by atomic mass is 127. The molecule has 0 saturated carbocycles. The third-order valence-corrected chi connectivity index (χ3v) is 2.22. The van der Waals surface area contributed by atoms with Crippen molar-refractivity contribution in [3.63, 3.8) is 0 Å². The summed E-state index contributed by atoms with van der Waals surface area (Å²) < 4.78 is 6.71. The van der Waals surface area contributed by atoms with E-state index in [1.54, 1.807) is 0 Å². The van der Waals surface area contributed by atoms with Gasteiger partial charge in [0.2, 0.25) is 0 Å². The zero-order valence-electron chi connectivity index (χ0n) is 8.09. The van der Waals surface area contributed by atoms with Crippen LogP contribution >= 0.6 is 22.6 Å². The molecule has 0 saturated heterocycles. The highest BCUT2D eigenvalue weighted by molar-refractivity contribution is 14.1. The Morgan fingerprint density at radius 3 is 2.31 bits per heavy atom. The third-order valence-electron chi connectivity index (χ3n) is 1.68. The van der Waals surface area contributed by atoms with Crippen LogP contribution in [0.15, 0.2) is 24.3 Å². The molecule has 13 heavy (non-hydrogen) atoms. The largest absolute Gasteiger partial charge is 0.491 e. The number of hydrogen-bond acceptors (Lipinski definition) is 1. The van der Waals surface area contributed by atoms with Crippen LogP contribution in [0.2, 0.25) is 0 Å². The Bertz CT molecular complexity index is 241. The van der Waals surface area contributed by atoms with Crippen LogP contribution in [-0.2, 0) is 6.42 Å². The highest BCUT2D eigenvalue weighted by Crippen LogP contribution is 2.14. The van der Waals surface area contributed by atoms with E-state index >= 15 is 0 Å². The molecule has 72 valence electrons. The Kier molecular flexibility index (Phi) is 4.56. The van der Waals surface area contributed by atoms with E-state index in [4.69, 9.17) is 4.74 Å². The second-order valence-corrected chi connectivity index (χ2v) is 4.33. The van der Waals surface area contributed by atoms with Crippen molar-refractivity contribution >= 4 is 22.6 Å². The fraction of sp³-hybridized carbons (Fsp3) is 0.455. The number of halogens is 1. The molecule has 0 spiro atoms. The van der Waals surface area contributed by atoms with Gasteiger partial charge in [0.05, 0.1) is 6.10 Å². The van der Waals surface area contributed by atoms with E-state index in [1.165, 1.54) is 9.99 Å². The van der Waals surface area contributed by atoms with Gasteiger partial charge < -0.3 is 4.74 Å². The summed E-state index contributed by atoms with van der Waals surface area (Å²) in [4.78, 5) is 0. The van der Waals surface area contributed by atoms with Crippen LogP contribution in [0.3, 0.4) is 0 Å². The monoisotopic (exact) mass is 290 g/mol. The zero-order valence-corrected chi connectivity index (χ0v) is 10.2. The van der Waals surface area contributed by atoms with Gasteiger partial charge >= 0.3 is 0 Å². The molecule has 0 heterocycles. The molecule has 0 amide bonds. The number of benzene rings is 1. The predicted octanol–water partition coefficient (Wildman–Crippen LogP) is 3.45. The number of ether oxygens (including phenoxy) is 1. The van der Waals surface area contributed by atoms with Gasteiger partial charge in [-0.15, -0.1) is 0 Å².